The molecule has 0 aromatic carbocycles. The predicted molar refractivity (Wildman–Crippen MR) is 44.9 cm³/mol. The molecule has 1 atom stereocenters. The summed E-state index contributed by atoms with van der Waals surface area (Å²) in [6, 6.07) is 0. The molecule has 0 heterocycles. The molecule has 1 aliphatic carbocycles. The molecule has 0 aromatic heterocycles. The molecule has 1 unspecified atom stereocenters. The Morgan fingerprint density at radius 1 is 1.56 bits per heavy atom. The van der Waals surface area contributed by atoms with Crippen LogP contribution in [0.15, 0.2) is 11.6 Å². The Kier molecular flexibility index (Phi) is 2.77. The van der Waals surface area contributed by atoms with Crippen LogP contribution >= 0.6 is 15.9 Å². The van der Waals surface area contributed by atoms with E-state index >= 15 is 0 Å². The molecule has 0 N–H and O–H groups in total. The smallest absolute Gasteiger partial charge is 0.0354 e. The molecule has 0 bridgehead atoms. The summed E-state index contributed by atoms with van der Waals surface area (Å²) in [5.41, 5.74) is 1.60. The Bertz CT molecular complexity index is 116. The van der Waals surface area contributed by atoms with Gasteiger partial charge in [-0.25, -0.2) is 0 Å². The number of rotatable bonds is 0. The molecule has 0 amide bonds. The molecular formula is C8H13Br. The van der Waals surface area contributed by atoms with Crippen LogP contribution in [0.1, 0.15) is 32.6 Å². The van der Waals surface area contributed by atoms with E-state index in [0.29, 0.717) is 4.83 Å². The zero-order valence-corrected chi connectivity index (χ0v) is 7.45. The van der Waals surface area contributed by atoms with E-state index in [4.69, 9.17) is 0 Å². The van der Waals surface area contributed by atoms with Crippen LogP contribution in [-0.2, 0) is 0 Å². The summed E-state index contributed by atoms with van der Waals surface area (Å²) >= 11 is 3.65. The second-order valence-electron chi connectivity index (χ2n) is 2.58. The van der Waals surface area contributed by atoms with Crippen molar-refractivity contribution in [1.82, 2.24) is 0 Å². The highest BCUT2D eigenvalue weighted by Gasteiger charge is 2.13. The fourth-order valence-corrected chi connectivity index (χ4v) is 2.14. The monoisotopic (exact) mass is 188 g/mol. The number of halogens is 1. The van der Waals surface area contributed by atoms with Crippen LogP contribution < -0.4 is 0 Å². The Morgan fingerprint density at radius 2 is 2.33 bits per heavy atom. The topological polar surface area (TPSA) is 0 Å². The van der Waals surface area contributed by atoms with Crippen LogP contribution in [-0.4, -0.2) is 4.83 Å². The van der Waals surface area contributed by atoms with Crippen molar-refractivity contribution in [2.24, 2.45) is 0 Å². The molecule has 0 aromatic rings. The summed E-state index contributed by atoms with van der Waals surface area (Å²) in [4.78, 5) is 0.691. The lowest BCUT2D eigenvalue weighted by Crippen LogP contribution is -2.07. The summed E-state index contributed by atoms with van der Waals surface area (Å²) in [6.45, 7) is 2.13. The molecule has 0 spiro atoms. The summed E-state index contributed by atoms with van der Waals surface area (Å²) in [5, 5.41) is 0. The summed E-state index contributed by atoms with van der Waals surface area (Å²) in [6.07, 6.45) is 7.68. The van der Waals surface area contributed by atoms with Gasteiger partial charge < -0.3 is 0 Å². The summed E-state index contributed by atoms with van der Waals surface area (Å²) < 4.78 is 0. The van der Waals surface area contributed by atoms with Crippen molar-refractivity contribution in [2.45, 2.75) is 37.4 Å². The Hall–Kier alpha value is 0.220. The van der Waals surface area contributed by atoms with Crippen molar-refractivity contribution < 1.29 is 0 Å². The highest BCUT2D eigenvalue weighted by Crippen LogP contribution is 2.28. The van der Waals surface area contributed by atoms with Crippen LogP contribution in [0.4, 0.5) is 0 Å². The predicted octanol–water partition coefficient (Wildman–Crippen LogP) is 3.27. The normalized spacial score (nSPS) is 33.1. The first-order valence-corrected chi connectivity index (χ1v) is 4.55. The lowest BCUT2D eigenvalue weighted by atomic mass is 9.95. The average Bonchev–Trinajstić information content (AvgIpc) is 1.89. The molecule has 1 aliphatic rings. The first-order chi connectivity index (χ1) is 4.34. The summed E-state index contributed by atoms with van der Waals surface area (Å²) in [7, 11) is 0. The van der Waals surface area contributed by atoms with E-state index in [1.54, 1.807) is 5.57 Å². The van der Waals surface area contributed by atoms with Gasteiger partial charge in [0.15, 0.2) is 0 Å². The molecule has 1 fully saturated rings. The molecule has 0 aliphatic heterocycles. The van der Waals surface area contributed by atoms with Gasteiger partial charge in [0.25, 0.3) is 0 Å². The molecule has 1 rings (SSSR count). The fraction of sp³-hybridized carbons (Fsp3) is 0.750. The average molecular weight is 189 g/mol. The van der Waals surface area contributed by atoms with E-state index in [9.17, 15) is 0 Å². The van der Waals surface area contributed by atoms with Gasteiger partial charge in [0.2, 0.25) is 0 Å². The van der Waals surface area contributed by atoms with Gasteiger partial charge >= 0.3 is 0 Å². The SMILES string of the molecule is C/C=C1/CCCCC1Br. The third-order valence-corrected chi connectivity index (χ3v) is 2.99. The molecule has 0 radical (unpaired) electrons. The molecule has 0 nitrogen and oxygen atoms in total. The van der Waals surface area contributed by atoms with Crippen LogP contribution in [0.2, 0.25) is 0 Å². The molecule has 0 saturated heterocycles. The van der Waals surface area contributed by atoms with Crippen LogP contribution in [0, 0.1) is 0 Å². The second-order valence-corrected chi connectivity index (χ2v) is 3.68. The maximum absolute atomic E-state index is 3.65. The number of alkyl halides is 1. The first kappa shape index (κ1) is 7.33. The molecule has 1 heteroatoms. The van der Waals surface area contributed by atoms with Gasteiger partial charge in [0.1, 0.15) is 0 Å². The standard InChI is InChI=1S/C8H13Br/c1-2-7-5-3-4-6-8(7)9/h2,8H,3-6H2,1H3/b7-2-. The minimum atomic E-state index is 0.691. The van der Waals surface area contributed by atoms with E-state index in [2.05, 4.69) is 28.9 Å². The maximum Gasteiger partial charge on any atom is 0.0354 e. The largest absolute Gasteiger partial charge is 0.0873 e. The van der Waals surface area contributed by atoms with Gasteiger partial charge in [-0.1, -0.05) is 34.0 Å². The number of hydrogen-bond acceptors (Lipinski definition) is 0. The van der Waals surface area contributed by atoms with E-state index in [1.807, 2.05) is 0 Å². The lowest BCUT2D eigenvalue weighted by Gasteiger charge is -2.19. The Morgan fingerprint density at radius 3 is 2.78 bits per heavy atom. The molecular weight excluding hydrogens is 176 g/mol. The van der Waals surface area contributed by atoms with Gasteiger partial charge in [-0.3, -0.25) is 0 Å². The van der Waals surface area contributed by atoms with Crippen LogP contribution in [0.25, 0.3) is 0 Å². The van der Waals surface area contributed by atoms with E-state index in [-0.39, 0.29) is 0 Å². The van der Waals surface area contributed by atoms with Gasteiger partial charge in [-0.2, -0.15) is 0 Å². The Labute approximate surface area is 65.5 Å². The molecule has 52 valence electrons. The van der Waals surface area contributed by atoms with Crippen molar-refractivity contribution in [2.75, 3.05) is 0 Å². The van der Waals surface area contributed by atoms with E-state index in [0.717, 1.165) is 0 Å². The fourth-order valence-electron chi connectivity index (χ4n) is 1.32. The van der Waals surface area contributed by atoms with Crippen molar-refractivity contribution >= 4 is 15.9 Å². The lowest BCUT2D eigenvalue weighted by molar-refractivity contribution is 0.613. The molecule has 9 heavy (non-hydrogen) atoms. The van der Waals surface area contributed by atoms with Crippen molar-refractivity contribution in [3.05, 3.63) is 11.6 Å². The zero-order chi connectivity index (χ0) is 6.69. The third-order valence-electron chi connectivity index (χ3n) is 1.95. The number of hydrogen-bond donors (Lipinski definition) is 0. The third kappa shape index (κ3) is 1.82. The van der Waals surface area contributed by atoms with Gasteiger partial charge in [0.05, 0.1) is 0 Å². The van der Waals surface area contributed by atoms with Crippen molar-refractivity contribution in [3.8, 4) is 0 Å². The maximum atomic E-state index is 3.65. The minimum Gasteiger partial charge on any atom is -0.0873 e. The van der Waals surface area contributed by atoms with Gasteiger partial charge in [-0.05, 0) is 26.2 Å². The van der Waals surface area contributed by atoms with E-state index < -0.39 is 0 Å². The van der Waals surface area contributed by atoms with Crippen LogP contribution in [0.5, 0.6) is 0 Å². The summed E-state index contributed by atoms with van der Waals surface area (Å²) in [5.74, 6) is 0. The highest BCUT2D eigenvalue weighted by atomic mass is 79.9. The van der Waals surface area contributed by atoms with Gasteiger partial charge in [-0.15, -0.1) is 0 Å². The van der Waals surface area contributed by atoms with Crippen LogP contribution in [0.3, 0.4) is 0 Å². The minimum absolute atomic E-state index is 0.691. The van der Waals surface area contributed by atoms with E-state index in [1.165, 1.54) is 25.7 Å². The first-order valence-electron chi connectivity index (χ1n) is 3.63. The Balaban J connectivity index is 2.49. The highest BCUT2D eigenvalue weighted by molar-refractivity contribution is 9.09. The zero-order valence-electron chi connectivity index (χ0n) is 5.86. The molecule has 1 saturated carbocycles. The quantitative estimate of drug-likeness (QED) is 0.405. The van der Waals surface area contributed by atoms with Crippen molar-refractivity contribution in [1.29, 1.82) is 0 Å². The van der Waals surface area contributed by atoms with Crippen molar-refractivity contribution in [3.63, 3.8) is 0 Å². The van der Waals surface area contributed by atoms with Gasteiger partial charge in [0, 0.05) is 4.83 Å². The second kappa shape index (κ2) is 3.40. The number of allylic oxidation sites excluding steroid dienone is 2.